The summed E-state index contributed by atoms with van der Waals surface area (Å²) < 4.78 is 4.89. The Hall–Kier alpha value is -3.28. The molecule has 6 nitrogen and oxygen atoms in total. The van der Waals surface area contributed by atoms with Crippen LogP contribution in [0.1, 0.15) is 21.5 Å². The first-order valence-electron chi connectivity index (χ1n) is 7.15. The number of non-ortho nitro benzene ring substituents is 1. The lowest BCUT2D eigenvalue weighted by Crippen LogP contribution is -2.12. The maximum atomic E-state index is 11.9. The molecule has 0 radical (unpaired) electrons. The van der Waals surface area contributed by atoms with E-state index < -0.39 is 10.9 Å². The van der Waals surface area contributed by atoms with Crippen molar-refractivity contribution in [3.05, 3.63) is 81.4 Å². The Bertz CT molecular complexity index is 776. The zero-order valence-electron chi connectivity index (χ0n) is 13.0. The molecule has 0 N–H and O–H groups in total. The Kier molecular flexibility index (Phi) is 5.57. The van der Waals surface area contributed by atoms with Crippen LogP contribution in [0.25, 0.3) is 6.08 Å². The third-order valence-electron chi connectivity index (χ3n) is 3.23. The van der Waals surface area contributed by atoms with Gasteiger partial charge in [-0.25, -0.2) is 4.79 Å². The Labute approximate surface area is 138 Å². The van der Waals surface area contributed by atoms with Gasteiger partial charge in [0.1, 0.15) is 0 Å². The van der Waals surface area contributed by atoms with E-state index in [0.717, 1.165) is 5.56 Å². The van der Waals surface area contributed by atoms with Gasteiger partial charge in [-0.2, -0.15) is 0 Å². The number of nitro groups is 1. The van der Waals surface area contributed by atoms with Crippen LogP contribution in [0.2, 0.25) is 0 Å². The number of esters is 1. The summed E-state index contributed by atoms with van der Waals surface area (Å²) in [6.07, 6.45) is 2.63. The van der Waals surface area contributed by atoms with Crippen molar-refractivity contribution in [3.63, 3.8) is 0 Å². The second-order valence-electron chi connectivity index (χ2n) is 5.08. The van der Waals surface area contributed by atoms with Gasteiger partial charge in [-0.15, -0.1) is 0 Å². The van der Waals surface area contributed by atoms with E-state index in [4.69, 9.17) is 4.74 Å². The molecule has 0 aliphatic heterocycles. The minimum atomic E-state index is -0.659. The number of ether oxygens (including phenoxy) is 1. The fourth-order valence-electron chi connectivity index (χ4n) is 1.88. The van der Waals surface area contributed by atoms with Crippen LogP contribution in [-0.2, 0) is 9.53 Å². The van der Waals surface area contributed by atoms with Gasteiger partial charge in [0.25, 0.3) is 5.69 Å². The van der Waals surface area contributed by atoms with E-state index in [1.54, 1.807) is 12.1 Å². The van der Waals surface area contributed by atoms with Crippen molar-refractivity contribution in [2.75, 3.05) is 6.61 Å². The van der Waals surface area contributed by atoms with Gasteiger partial charge in [-0.1, -0.05) is 29.8 Å². The fourth-order valence-corrected chi connectivity index (χ4v) is 1.88. The molecule has 0 saturated carbocycles. The molecule has 0 spiro atoms. The lowest BCUT2D eigenvalue weighted by Gasteiger charge is -2.02. The van der Waals surface area contributed by atoms with E-state index in [1.807, 2.05) is 19.1 Å². The molecule has 0 saturated heterocycles. The highest BCUT2D eigenvalue weighted by molar-refractivity contribution is 5.98. The van der Waals surface area contributed by atoms with E-state index in [1.165, 1.54) is 36.4 Å². The number of aryl methyl sites for hydroxylation is 1. The molecule has 6 heteroatoms. The summed E-state index contributed by atoms with van der Waals surface area (Å²) in [7, 11) is 0. The van der Waals surface area contributed by atoms with E-state index in [-0.39, 0.29) is 18.1 Å². The molecule has 0 aliphatic rings. The molecule has 2 aromatic carbocycles. The average molecular weight is 325 g/mol. The highest BCUT2D eigenvalue weighted by Gasteiger charge is 2.08. The van der Waals surface area contributed by atoms with Gasteiger partial charge < -0.3 is 4.74 Å². The second kappa shape index (κ2) is 7.82. The number of hydrogen-bond acceptors (Lipinski definition) is 5. The van der Waals surface area contributed by atoms with Gasteiger partial charge in [-0.3, -0.25) is 14.9 Å². The van der Waals surface area contributed by atoms with Gasteiger partial charge >= 0.3 is 5.97 Å². The molecular formula is C18H15NO5. The monoisotopic (exact) mass is 325 g/mol. The van der Waals surface area contributed by atoms with Gasteiger partial charge in [0.2, 0.25) is 0 Å². The summed E-state index contributed by atoms with van der Waals surface area (Å²) in [6.45, 7) is 1.57. The highest BCUT2D eigenvalue weighted by atomic mass is 16.6. The number of ketones is 1. The molecule has 24 heavy (non-hydrogen) atoms. The Balaban J connectivity index is 1.87. The Morgan fingerprint density at radius 2 is 1.71 bits per heavy atom. The van der Waals surface area contributed by atoms with E-state index in [9.17, 15) is 19.7 Å². The average Bonchev–Trinajstić information content (AvgIpc) is 2.58. The van der Waals surface area contributed by atoms with Crippen LogP contribution < -0.4 is 0 Å². The van der Waals surface area contributed by atoms with Crippen molar-refractivity contribution in [3.8, 4) is 0 Å². The highest BCUT2D eigenvalue weighted by Crippen LogP contribution is 2.13. The minimum absolute atomic E-state index is 0.0292. The molecule has 0 bridgehead atoms. The first kappa shape index (κ1) is 17.1. The van der Waals surface area contributed by atoms with Crippen molar-refractivity contribution in [2.45, 2.75) is 6.92 Å². The minimum Gasteiger partial charge on any atom is -0.454 e. The van der Waals surface area contributed by atoms with Crippen LogP contribution in [0.15, 0.2) is 54.6 Å². The summed E-state index contributed by atoms with van der Waals surface area (Å²) in [4.78, 5) is 33.5. The van der Waals surface area contributed by atoms with Crippen molar-refractivity contribution in [2.24, 2.45) is 0 Å². The summed E-state index contributed by atoms with van der Waals surface area (Å²) in [6, 6.07) is 12.7. The number of hydrogen-bond donors (Lipinski definition) is 0. The second-order valence-corrected chi connectivity index (χ2v) is 5.08. The van der Waals surface area contributed by atoms with E-state index in [0.29, 0.717) is 11.1 Å². The third-order valence-corrected chi connectivity index (χ3v) is 3.23. The predicted molar refractivity (Wildman–Crippen MR) is 88.6 cm³/mol. The van der Waals surface area contributed by atoms with Crippen molar-refractivity contribution in [1.29, 1.82) is 0 Å². The molecule has 2 rings (SSSR count). The van der Waals surface area contributed by atoms with Crippen LogP contribution in [-0.4, -0.2) is 23.3 Å². The first-order valence-corrected chi connectivity index (χ1v) is 7.15. The standard InChI is InChI=1S/C18H15NO5/c1-13-2-7-15(8-3-13)17(20)12-24-18(21)11-6-14-4-9-16(10-5-14)19(22)23/h2-11H,12H2,1H3/b11-6+. The predicted octanol–water partition coefficient (Wildman–Crippen LogP) is 3.34. The van der Waals surface area contributed by atoms with Crippen LogP contribution >= 0.6 is 0 Å². The molecule has 0 aromatic heterocycles. The van der Waals surface area contributed by atoms with Crippen molar-refractivity contribution < 1.29 is 19.2 Å². The number of nitro benzene ring substituents is 1. The van der Waals surface area contributed by atoms with Crippen LogP contribution in [0, 0.1) is 17.0 Å². The SMILES string of the molecule is Cc1ccc(C(=O)COC(=O)/C=C/c2ccc([N+](=O)[O-])cc2)cc1. The number of benzene rings is 2. The topological polar surface area (TPSA) is 86.5 Å². The Morgan fingerprint density at radius 3 is 2.29 bits per heavy atom. The first-order chi connectivity index (χ1) is 11.5. The number of nitrogens with zero attached hydrogens (tertiary/aromatic N) is 1. The largest absolute Gasteiger partial charge is 0.454 e. The summed E-state index contributed by atoms with van der Waals surface area (Å²) in [5.74, 6) is -0.944. The molecule has 0 aliphatic carbocycles. The third kappa shape index (κ3) is 4.88. The van der Waals surface area contributed by atoms with Crippen LogP contribution in [0.5, 0.6) is 0 Å². The molecule has 0 unspecified atom stereocenters. The molecule has 0 atom stereocenters. The summed E-state index contributed by atoms with van der Waals surface area (Å²) >= 11 is 0. The smallest absolute Gasteiger partial charge is 0.331 e. The number of carbonyl (C=O) groups is 2. The molecule has 2 aromatic rings. The molecule has 0 amide bonds. The van der Waals surface area contributed by atoms with Gasteiger partial charge in [-0.05, 0) is 30.7 Å². The van der Waals surface area contributed by atoms with Gasteiger partial charge in [0, 0.05) is 23.8 Å². The van der Waals surface area contributed by atoms with Gasteiger partial charge in [0.15, 0.2) is 12.4 Å². The van der Waals surface area contributed by atoms with Gasteiger partial charge in [0.05, 0.1) is 4.92 Å². The summed E-state index contributed by atoms with van der Waals surface area (Å²) in [5.41, 5.74) is 2.10. The van der Waals surface area contributed by atoms with Crippen molar-refractivity contribution >= 4 is 23.5 Å². The lowest BCUT2D eigenvalue weighted by atomic mass is 10.1. The maximum absolute atomic E-state index is 11.9. The van der Waals surface area contributed by atoms with Crippen LogP contribution in [0.3, 0.4) is 0 Å². The van der Waals surface area contributed by atoms with E-state index >= 15 is 0 Å². The molecule has 0 fully saturated rings. The summed E-state index contributed by atoms with van der Waals surface area (Å²) in [5, 5.41) is 10.5. The quantitative estimate of drug-likeness (QED) is 0.267. The maximum Gasteiger partial charge on any atom is 0.331 e. The molecular weight excluding hydrogens is 310 g/mol. The van der Waals surface area contributed by atoms with Crippen molar-refractivity contribution in [1.82, 2.24) is 0 Å². The molecule has 0 heterocycles. The zero-order valence-corrected chi connectivity index (χ0v) is 13.0. The fraction of sp³-hybridized carbons (Fsp3) is 0.111. The van der Waals surface area contributed by atoms with E-state index in [2.05, 4.69) is 0 Å². The lowest BCUT2D eigenvalue weighted by molar-refractivity contribution is -0.384. The Morgan fingerprint density at radius 1 is 1.08 bits per heavy atom. The normalized spacial score (nSPS) is 10.5. The zero-order chi connectivity index (χ0) is 17.5. The number of carbonyl (C=O) groups excluding carboxylic acids is 2. The number of Topliss-reactive ketones (excluding diaryl/α,β-unsaturated/α-hetero) is 1. The number of rotatable bonds is 6. The molecule has 122 valence electrons. The van der Waals surface area contributed by atoms with Crippen LogP contribution in [0.4, 0.5) is 5.69 Å².